The lowest BCUT2D eigenvalue weighted by atomic mass is 10.2. The van der Waals surface area contributed by atoms with E-state index >= 15 is 0 Å². The van der Waals surface area contributed by atoms with E-state index in [0.717, 1.165) is 17.9 Å². The molecule has 1 saturated carbocycles. The third-order valence-corrected chi connectivity index (χ3v) is 3.60. The van der Waals surface area contributed by atoms with E-state index in [9.17, 15) is 0 Å². The number of ether oxygens (including phenoxy) is 1. The van der Waals surface area contributed by atoms with E-state index in [1.54, 1.807) is 0 Å². The van der Waals surface area contributed by atoms with Crippen molar-refractivity contribution in [2.75, 3.05) is 13.2 Å². The Balaban J connectivity index is 1.74. The molecule has 0 aromatic heterocycles. The van der Waals surface area contributed by atoms with Crippen LogP contribution in [-0.2, 0) is 0 Å². The summed E-state index contributed by atoms with van der Waals surface area (Å²) in [5.74, 6) is 0.822. The molecule has 0 spiro atoms. The first-order chi connectivity index (χ1) is 8.27. The van der Waals surface area contributed by atoms with Gasteiger partial charge in [0.1, 0.15) is 12.4 Å². The Morgan fingerprint density at radius 1 is 1.35 bits per heavy atom. The highest BCUT2D eigenvalue weighted by Crippen LogP contribution is 2.27. The molecule has 2 nitrogen and oxygen atoms in total. The summed E-state index contributed by atoms with van der Waals surface area (Å²) in [7, 11) is 0. The highest BCUT2D eigenvalue weighted by Gasteiger charge is 2.13. The molecule has 2 rings (SSSR count). The van der Waals surface area contributed by atoms with Crippen molar-refractivity contribution in [3.8, 4) is 5.75 Å². The minimum atomic E-state index is 0.682. The Morgan fingerprint density at radius 3 is 2.82 bits per heavy atom. The van der Waals surface area contributed by atoms with Crippen LogP contribution < -0.4 is 10.1 Å². The molecule has 1 aliphatic rings. The van der Waals surface area contributed by atoms with Gasteiger partial charge in [0.25, 0.3) is 0 Å². The Labute approximate surface area is 108 Å². The van der Waals surface area contributed by atoms with E-state index in [0.29, 0.717) is 17.7 Å². The molecule has 0 bridgehead atoms. The van der Waals surface area contributed by atoms with Crippen molar-refractivity contribution < 1.29 is 4.74 Å². The molecule has 94 valence electrons. The standard InChI is InChI=1S/C14H20ClNO/c1-11-5-4-8-13(15)14(11)17-10-9-16-12-6-2-3-7-12/h4-5,8,12,16H,2-3,6-7,9-10H2,1H3. The smallest absolute Gasteiger partial charge is 0.140 e. The lowest BCUT2D eigenvalue weighted by molar-refractivity contribution is 0.303. The van der Waals surface area contributed by atoms with E-state index in [-0.39, 0.29) is 0 Å². The zero-order chi connectivity index (χ0) is 12.1. The molecule has 1 fully saturated rings. The molecule has 0 radical (unpaired) electrons. The molecule has 1 N–H and O–H groups in total. The molecule has 1 aromatic rings. The molecule has 0 heterocycles. The lowest BCUT2D eigenvalue weighted by Gasteiger charge is -2.14. The van der Waals surface area contributed by atoms with E-state index in [4.69, 9.17) is 16.3 Å². The number of hydrogen-bond acceptors (Lipinski definition) is 2. The maximum Gasteiger partial charge on any atom is 0.140 e. The van der Waals surface area contributed by atoms with Crippen LogP contribution in [0.5, 0.6) is 5.75 Å². The van der Waals surface area contributed by atoms with Crippen LogP contribution in [0.3, 0.4) is 0 Å². The van der Waals surface area contributed by atoms with Crippen LogP contribution in [0.4, 0.5) is 0 Å². The largest absolute Gasteiger partial charge is 0.490 e. The highest BCUT2D eigenvalue weighted by molar-refractivity contribution is 6.32. The van der Waals surface area contributed by atoms with Crippen LogP contribution in [0.15, 0.2) is 18.2 Å². The van der Waals surface area contributed by atoms with Crippen LogP contribution in [0.25, 0.3) is 0 Å². The maximum atomic E-state index is 6.09. The first-order valence-electron chi connectivity index (χ1n) is 6.38. The van der Waals surface area contributed by atoms with Crippen LogP contribution in [0.2, 0.25) is 5.02 Å². The predicted octanol–water partition coefficient (Wildman–Crippen LogP) is 3.56. The zero-order valence-corrected chi connectivity index (χ0v) is 11.1. The molecule has 0 amide bonds. The molecule has 1 aliphatic carbocycles. The Kier molecular flexibility index (Phi) is 4.69. The number of para-hydroxylation sites is 1. The van der Waals surface area contributed by atoms with Gasteiger partial charge in [-0.1, -0.05) is 36.6 Å². The zero-order valence-electron chi connectivity index (χ0n) is 10.3. The SMILES string of the molecule is Cc1cccc(Cl)c1OCCNC1CCCC1. The van der Waals surface area contributed by atoms with Gasteiger partial charge >= 0.3 is 0 Å². The molecule has 0 aliphatic heterocycles. The Hall–Kier alpha value is -0.730. The fraction of sp³-hybridized carbons (Fsp3) is 0.571. The van der Waals surface area contributed by atoms with Crippen molar-refractivity contribution in [1.29, 1.82) is 0 Å². The van der Waals surface area contributed by atoms with Gasteiger partial charge in [-0.2, -0.15) is 0 Å². The summed E-state index contributed by atoms with van der Waals surface area (Å²) in [6.45, 7) is 3.60. The van der Waals surface area contributed by atoms with Crippen molar-refractivity contribution in [3.63, 3.8) is 0 Å². The molecular formula is C14H20ClNO. The van der Waals surface area contributed by atoms with Crippen molar-refractivity contribution in [2.45, 2.75) is 38.6 Å². The van der Waals surface area contributed by atoms with Gasteiger partial charge in [0, 0.05) is 12.6 Å². The van der Waals surface area contributed by atoms with E-state index in [2.05, 4.69) is 5.32 Å². The second kappa shape index (κ2) is 6.27. The molecule has 0 saturated heterocycles. The number of aryl methyl sites for hydroxylation is 1. The van der Waals surface area contributed by atoms with Crippen molar-refractivity contribution >= 4 is 11.6 Å². The quantitative estimate of drug-likeness (QED) is 0.811. The van der Waals surface area contributed by atoms with Gasteiger partial charge in [-0.3, -0.25) is 0 Å². The Morgan fingerprint density at radius 2 is 2.12 bits per heavy atom. The summed E-state index contributed by atoms with van der Waals surface area (Å²) < 4.78 is 5.73. The maximum absolute atomic E-state index is 6.09. The average molecular weight is 254 g/mol. The normalized spacial score (nSPS) is 16.4. The molecule has 0 atom stereocenters. The molecule has 1 aromatic carbocycles. The van der Waals surface area contributed by atoms with Gasteiger partial charge in [-0.15, -0.1) is 0 Å². The summed E-state index contributed by atoms with van der Waals surface area (Å²) in [6, 6.07) is 6.53. The number of halogens is 1. The van der Waals surface area contributed by atoms with Crippen LogP contribution in [0.1, 0.15) is 31.2 Å². The van der Waals surface area contributed by atoms with Crippen LogP contribution in [0, 0.1) is 6.92 Å². The third kappa shape index (κ3) is 3.62. The number of benzene rings is 1. The van der Waals surface area contributed by atoms with Gasteiger partial charge in [-0.25, -0.2) is 0 Å². The van der Waals surface area contributed by atoms with Crippen LogP contribution >= 0.6 is 11.6 Å². The number of nitrogens with one attached hydrogen (secondary N) is 1. The molecular weight excluding hydrogens is 234 g/mol. The second-order valence-electron chi connectivity index (χ2n) is 4.67. The monoisotopic (exact) mass is 253 g/mol. The molecule has 0 unspecified atom stereocenters. The number of hydrogen-bond donors (Lipinski definition) is 1. The van der Waals surface area contributed by atoms with E-state index < -0.39 is 0 Å². The van der Waals surface area contributed by atoms with Gasteiger partial charge in [0.15, 0.2) is 0 Å². The van der Waals surface area contributed by atoms with Crippen molar-refractivity contribution in [1.82, 2.24) is 5.32 Å². The minimum absolute atomic E-state index is 0.682. The van der Waals surface area contributed by atoms with Gasteiger partial charge in [0.2, 0.25) is 0 Å². The first-order valence-corrected chi connectivity index (χ1v) is 6.76. The van der Waals surface area contributed by atoms with Gasteiger partial charge < -0.3 is 10.1 Å². The summed E-state index contributed by atoms with van der Waals surface area (Å²) in [6.07, 6.45) is 5.35. The summed E-state index contributed by atoms with van der Waals surface area (Å²) >= 11 is 6.09. The lowest BCUT2D eigenvalue weighted by Crippen LogP contribution is -2.30. The number of rotatable bonds is 5. The first kappa shape index (κ1) is 12.7. The topological polar surface area (TPSA) is 21.3 Å². The minimum Gasteiger partial charge on any atom is -0.490 e. The van der Waals surface area contributed by atoms with Gasteiger partial charge in [0.05, 0.1) is 5.02 Å². The van der Waals surface area contributed by atoms with Crippen LogP contribution in [-0.4, -0.2) is 19.2 Å². The highest BCUT2D eigenvalue weighted by atomic mass is 35.5. The summed E-state index contributed by atoms with van der Waals surface area (Å²) in [5, 5.41) is 4.22. The summed E-state index contributed by atoms with van der Waals surface area (Å²) in [4.78, 5) is 0. The summed E-state index contributed by atoms with van der Waals surface area (Å²) in [5.41, 5.74) is 1.10. The average Bonchev–Trinajstić information content (AvgIpc) is 2.80. The van der Waals surface area contributed by atoms with E-state index in [1.165, 1.54) is 25.7 Å². The van der Waals surface area contributed by atoms with Crippen molar-refractivity contribution in [3.05, 3.63) is 28.8 Å². The molecule has 3 heteroatoms. The predicted molar refractivity (Wildman–Crippen MR) is 71.9 cm³/mol. The molecule has 17 heavy (non-hydrogen) atoms. The third-order valence-electron chi connectivity index (χ3n) is 3.30. The van der Waals surface area contributed by atoms with Gasteiger partial charge in [-0.05, 0) is 31.4 Å². The van der Waals surface area contributed by atoms with E-state index in [1.807, 2.05) is 25.1 Å². The fourth-order valence-electron chi connectivity index (χ4n) is 2.35. The fourth-order valence-corrected chi connectivity index (χ4v) is 2.62. The van der Waals surface area contributed by atoms with Crippen molar-refractivity contribution in [2.24, 2.45) is 0 Å². The second-order valence-corrected chi connectivity index (χ2v) is 5.08. The Bertz CT molecular complexity index is 341.